The molecular weight excluding hydrogens is 413 g/mol. The molecule has 9 heteroatoms. The molecule has 1 amide bonds. The zero-order valence-corrected chi connectivity index (χ0v) is 18.2. The van der Waals surface area contributed by atoms with Gasteiger partial charge in [-0.25, -0.2) is 4.79 Å². The Morgan fingerprint density at radius 3 is 2.35 bits per heavy atom. The second-order valence-corrected chi connectivity index (χ2v) is 8.76. The Morgan fingerprint density at radius 1 is 1.19 bits per heavy atom. The van der Waals surface area contributed by atoms with E-state index in [0.29, 0.717) is 30.9 Å². The second-order valence-electron chi connectivity index (χ2n) is 8.76. The lowest BCUT2D eigenvalue weighted by Gasteiger charge is -2.35. The molecule has 6 nitrogen and oxygen atoms in total. The van der Waals surface area contributed by atoms with Crippen LogP contribution in [0.1, 0.15) is 38.8 Å². The van der Waals surface area contributed by atoms with Gasteiger partial charge in [0, 0.05) is 44.1 Å². The summed E-state index contributed by atoms with van der Waals surface area (Å²) in [6.07, 6.45) is -4.46. The molecule has 3 rings (SSSR count). The fraction of sp³-hybridized carbons (Fsp3) is 0.636. The molecule has 174 valence electrons. The van der Waals surface area contributed by atoms with E-state index in [1.807, 2.05) is 4.90 Å². The van der Waals surface area contributed by atoms with E-state index in [9.17, 15) is 18.0 Å². The molecule has 2 fully saturated rings. The molecule has 1 N–H and O–H groups in total. The van der Waals surface area contributed by atoms with E-state index in [2.05, 4.69) is 56.0 Å². The lowest BCUT2D eigenvalue weighted by atomic mass is 9.86. The average molecular weight is 444 g/mol. The molecular formula is C22H31F3N2O4. The lowest BCUT2D eigenvalue weighted by Crippen LogP contribution is -2.42. The SMILES string of the molecule is CC(C)CN1CC2(COCCN(C(C)c3ccccc3)C2)CC1=O.O=C(O)C(F)(F)F. The summed E-state index contributed by atoms with van der Waals surface area (Å²) in [4.78, 5) is 25.9. The fourth-order valence-corrected chi connectivity index (χ4v) is 4.09. The van der Waals surface area contributed by atoms with Crippen molar-refractivity contribution in [2.45, 2.75) is 39.4 Å². The standard InChI is InChI=1S/C20H30N2O2.C2HF3O2/c1-16(2)12-22-14-20(11-19(22)23)13-21(9-10-24-15-20)17(3)18-7-5-4-6-8-18;3-2(4,5)1(6)7/h4-8,16-17H,9-15H2,1-3H3;(H,6,7). The number of ether oxygens (including phenoxy) is 1. The van der Waals surface area contributed by atoms with Gasteiger partial charge in [-0.2, -0.15) is 13.2 Å². The molecule has 2 heterocycles. The van der Waals surface area contributed by atoms with E-state index >= 15 is 0 Å². The number of carbonyl (C=O) groups excluding carboxylic acids is 1. The van der Waals surface area contributed by atoms with Crippen LogP contribution in [0.3, 0.4) is 0 Å². The number of halogens is 3. The van der Waals surface area contributed by atoms with E-state index in [-0.39, 0.29) is 5.41 Å². The van der Waals surface area contributed by atoms with Gasteiger partial charge in [0.15, 0.2) is 0 Å². The first-order valence-electron chi connectivity index (χ1n) is 10.4. The Morgan fingerprint density at radius 2 is 1.81 bits per heavy atom. The summed E-state index contributed by atoms with van der Waals surface area (Å²) < 4.78 is 37.7. The van der Waals surface area contributed by atoms with Crippen molar-refractivity contribution in [3.05, 3.63) is 35.9 Å². The highest BCUT2D eigenvalue weighted by atomic mass is 19.4. The summed E-state index contributed by atoms with van der Waals surface area (Å²) in [5.41, 5.74) is 1.28. The number of likely N-dealkylation sites (tertiary alicyclic amines) is 1. The van der Waals surface area contributed by atoms with E-state index in [1.54, 1.807) is 0 Å². The summed E-state index contributed by atoms with van der Waals surface area (Å²) in [5.74, 6) is -1.95. The van der Waals surface area contributed by atoms with Gasteiger partial charge in [0.05, 0.1) is 13.2 Å². The van der Waals surface area contributed by atoms with Crippen LogP contribution in [0.5, 0.6) is 0 Å². The monoisotopic (exact) mass is 444 g/mol. The minimum Gasteiger partial charge on any atom is -0.475 e. The number of carbonyl (C=O) groups is 2. The number of hydrogen-bond donors (Lipinski definition) is 1. The maximum absolute atomic E-state index is 12.5. The summed E-state index contributed by atoms with van der Waals surface area (Å²) in [7, 11) is 0. The summed E-state index contributed by atoms with van der Waals surface area (Å²) in [5, 5.41) is 7.12. The Balaban J connectivity index is 0.000000423. The highest BCUT2D eigenvalue weighted by Crippen LogP contribution is 2.37. The number of rotatable bonds is 4. The highest BCUT2D eigenvalue weighted by Gasteiger charge is 2.46. The molecule has 2 aliphatic heterocycles. The predicted octanol–water partition coefficient (Wildman–Crippen LogP) is 3.59. The number of benzene rings is 1. The van der Waals surface area contributed by atoms with Gasteiger partial charge in [-0.15, -0.1) is 0 Å². The van der Waals surface area contributed by atoms with Crippen LogP contribution in [0.2, 0.25) is 0 Å². The van der Waals surface area contributed by atoms with Crippen LogP contribution in [-0.2, 0) is 14.3 Å². The van der Waals surface area contributed by atoms with Crippen LogP contribution in [0.4, 0.5) is 13.2 Å². The van der Waals surface area contributed by atoms with Crippen LogP contribution in [0.25, 0.3) is 0 Å². The minimum atomic E-state index is -5.08. The summed E-state index contributed by atoms with van der Waals surface area (Å²) in [6.45, 7) is 11.6. The first-order chi connectivity index (χ1) is 14.4. The molecule has 0 radical (unpaired) electrons. The lowest BCUT2D eigenvalue weighted by molar-refractivity contribution is -0.192. The first-order valence-corrected chi connectivity index (χ1v) is 10.4. The summed E-state index contributed by atoms with van der Waals surface area (Å²) in [6, 6.07) is 11.0. The van der Waals surface area contributed by atoms with Crippen molar-refractivity contribution in [2.24, 2.45) is 11.3 Å². The van der Waals surface area contributed by atoms with E-state index < -0.39 is 12.1 Å². The van der Waals surface area contributed by atoms with Crippen molar-refractivity contribution >= 4 is 11.9 Å². The van der Waals surface area contributed by atoms with Gasteiger partial charge in [-0.3, -0.25) is 9.69 Å². The van der Waals surface area contributed by atoms with E-state index in [0.717, 1.165) is 32.8 Å². The molecule has 31 heavy (non-hydrogen) atoms. The molecule has 2 unspecified atom stereocenters. The number of alkyl halides is 3. The maximum atomic E-state index is 12.5. The van der Waals surface area contributed by atoms with Gasteiger partial charge in [-0.1, -0.05) is 44.2 Å². The molecule has 2 saturated heterocycles. The fourth-order valence-electron chi connectivity index (χ4n) is 4.09. The van der Waals surface area contributed by atoms with E-state index in [1.165, 1.54) is 5.56 Å². The normalized spacial score (nSPS) is 23.5. The zero-order chi connectivity index (χ0) is 23.2. The third kappa shape index (κ3) is 7.21. The molecule has 2 aliphatic rings. The molecule has 0 aromatic heterocycles. The quantitative estimate of drug-likeness (QED) is 0.769. The first kappa shape index (κ1) is 25.1. The van der Waals surface area contributed by atoms with Crippen LogP contribution in [0, 0.1) is 11.3 Å². The molecule has 1 aromatic carbocycles. The van der Waals surface area contributed by atoms with Crippen molar-refractivity contribution in [1.82, 2.24) is 9.80 Å². The number of hydrogen-bond acceptors (Lipinski definition) is 4. The molecule has 0 aliphatic carbocycles. The van der Waals surface area contributed by atoms with Crippen molar-refractivity contribution in [3.8, 4) is 0 Å². The predicted molar refractivity (Wildman–Crippen MR) is 109 cm³/mol. The van der Waals surface area contributed by atoms with Crippen molar-refractivity contribution in [2.75, 3.05) is 39.4 Å². The smallest absolute Gasteiger partial charge is 0.475 e. The number of nitrogens with zero attached hydrogens (tertiary/aromatic N) is 2. The summed E-state index contributed by atoms with van der Waals surface area (Å²) >= 11 is 0. The minimum absolute atomic E-state index is 0.0501. The van der Waals surface area contributed by atoms with Crippen molar-refractivity contribution < 1.29 is 32.6 Å². The van der Waals surface area contributed by atoms with Gasteiger partial charge in [0.2, 0.25) is 5.91 Å². The maximum Gasteiger partial charge on any atom is 0.490 e. The average Bonchev–Trinajstić information content (AvgIpc) is 2.85. The number of carboxylic acid groups (broad SMARTS) is 1. The highest BCUT2D eigenvalue weighted by molar-refractivity contribution is 5.79. The number of aliphatic carboxylic acids is 1. The van der Waals surface area contributed by atoms with Crippen LogP contribution >= 0.6 is 0 Å². The molecule has 0 saturated carbocycles. The number of carboxylic acids is 1. The van der Waals surface area contributed by atoms with Gasteiger partial charge in [0.25, 0.3) is 0 Å². The van der Waals surface area contributed by atoms with Crippen LogP contribution in [-0.4, -0.2) is 72.4 Å². The van der Waals surface area contributed by atoms with Gasteiger partial charge < -0.3 is 14.7 Å². The van der Waals surface area contributed by atoms with Crippen molar-refractivity contribution in [3.63, 3.8) is 0 Å². The Labute approximate surface area is 181 Å². The zero-order valence-electron chi connectivity index (χ0n) is 18.2. The molecule has 1 spiro atoms. The van der Waals surface area contributed by atoms with Crippen molar-refractivity contribution in [1.29, 1.82) is 0 Å². The molecule has 1 aromatic rings. The molecule has 2 atom stereocenters. The number of amides is 1. The van der Waals surface area contributed by atoms with Gasteiger partial charge in [0.1, 0.15) is 0 Å². The largest absolute Gasteiger partial charge is 0.490 e. The third-order valence-electron chi connectivity index (χ3n) is 5.53. The Bertz CT molecular complexity index is 742. The van der Waals surface area contributed by atoms with Gasteiger partial charge >= 0.3 is 12.1 Å². The second kappa shape index (κ2) is 10.5. The van der Waals surface area contributed by atoms with Crippen LogP contribution < -0.4 is 0 Å². The Hall–Kier alpha value is -2.13. The van der Waals surface area contributed by atoms with E-state index in [4.69, 9.17) is 14.6 Å². The topological polar surface area (TPSA) is 70.1 Å². The van der Waals surface area contributed by atoms with Gasteiger partial charge in [-0.05, 0) is 18.4 Å². The Kier molecular flexibility index (Phi) is 8.48. The van der Waals surface area contributed by atoms with Crippen LogP contribution in [0.15, 0.2) is 30.3 Å². The third-order valence-corrected chi connectivity index (χ3v) is 5.53. The molecule has 0 bridgehead atoms.